The number of aromatic hydroxyl groups is 1. The number of nitrogens with one attached hydrogen (secondary N) is 4. The maximum atomic E-state index is 13.4. The number of rotatable bonds is 13. The van der Waals surface area contributed by atoms with E-state index in [2.05, 4.69) is 25.9 Å². The van der Waals surface area contributed by atoms with E-state index in [-0.39, 0.29) is 24.5 Å². The molecule has 0 spiro atoms. The number of imidazole rings is 1. The van der Waals surface area contributed by atoms with E-state index in [1.807, 2.05) is 0 Å². The van der Waals surface area contributed by atoms with Crippen molar-refractivity contribution in [1.29, 1.82) is 0 Å². The standard InChI is InChI=1S/C25H36N6O6/c1-13(2)20(26)24(35)30-19(10-16-11-27-12-28-16)22(33)29-18(9-15-5-7-17(32)8-6-15)23(34)31-21(14(3)4)25(36)37/h5-8,11-14,18-21,32H,9-10,26H2,1-4H3,(H,27,28)(H,29,33)(H,30,35)(H,31,34)(H,36,37)/t18-,19-,20-,21-/m0/s1. The van der Waals surface area contributed by atoms with Crippen LogP contribution in [-0.4, -0.2) is 68.0 Å². The number of nitrogens with two attached hydrogens (primary N) is 1. The lowest BCUT2D eigenvalue weighted by molar-refractivity contribution is -0.143. The minimum absolute atomic E-state index is 0.0124. The molecule has 37 heavy (non-hydrogen) atoms. The summed E-state index contributed by atoms with van der Waals surface area (Å²) in [4.78, 5) is 57.6. The van der Waals surface area contributed by atoms with Crippen molar-refractivity contribution in [3.63, 3.8) is 0 Å². The summed E-state index contributed by atoms with van der Waals surface area (Å²) in [5.74, 6) is -3.64. The highest BCUT2D eigenvalue weighted by Crippen LogP contribution is 2.13. The molecule has 12 nitrogen and oxygen atoms in total. The molecular weight excluding hydrogens is 480 g/mol. The lowest BCUT2D eigenvalue weighted by Crippen LogP contribution is -2.59. The Morgan fingerprint density at radius 3 is 1.97 bits per heavy atom. The molecule has 12 heteroatoms. The predicted molar refractivity (Wildman–Crippen MR) is 135 cm³/mol. The van der Waals surface area contributed by atoms with Crippen LogP contribution in [0, 0.1) is 11.8 Å². The minimum atomic E-state index is -1.20. The Labute approximate surface area is 215 Å². The molecule has 0 saturated heterocycles. The van der Waals surface area contributed by atoms with Crippen LogP contribution in [0.2, 0.25) is 0 Å². The molecule has 1 aromatic heterocycles. The number of hydrogen-bond donors (Lipinski definition) is 7. The van der Waals surface area contributed by atoms with Gasteiger partial charge in [-0.15, -0.1) is 0 Å². The Morgan fingerprint density at radius 2 is 1.46 bits per heavy atom. The Kier molecular flexibility index (Phi) is 10.6. The lowest BCUT2D eigenvalue weighted by atomic mass is 10.0. The smallest absolute Gasteiger partial charge is 0.326 e. The van der Waals surface area contributed by atoms with Crippen LogP contribution in [0.4, 0.5) is 0 Å². The van der Waals surface area contributed by atoms with Gasteiger partial charge in [-0.05, 0) is 29.5 Å². The van der Waals surface area contributed by atoms with Crippen LogP contribution in [0.1, 0.15) is 39.0 Å². The van der Waals surface area contributed by atoms with Gasteiger partial charge in [-0.2, -0.15) is 0 Å². The molecule has 0 fully saturated rings. The molecule has 4 atom stereocenters. The van der Waals surface area contributed by atoms with Crippen LogP contribution in [0.3, 0.4) is 0 Å². The Bertz CT molecular complexity index is 1050. The van der Waals surface area contributed by atoms with E-state index in [0.717, 1.165) is 0 Å². The van der Waals surface area contributed by atoms with Crippen LogP contribution in [0.25, 0.3) is 0 Å². The predicted octanol–water partition coefficient (Wildman–Crippen LogP) is 0.0788. The SMILES string of the molecule is CC(C)[C@H](N)C(=O)N[C@@H](Cc1cnc[nH]1)C(=O)N[C@@H](Cc1ccc(O)cc1)C(=O)N[C@H](C(=O)O)C(C)C. The highest BCUT2D eigenvalue weighted by Gasteiger charge is 2.32. The molecule has 0 radical (unpaired) electrons. The summed E-state index contributed by atoms with van der Waals surface area (Å²) < 4.78 is 0. The molecule has 0 aliphatic heterocycles. The molecular formula is C25H36N6O6. The molecule has 2 aromatic rings. The van der Waals surface area contributed by atoms with E-state index in [4.69, 9.17) is 5.73 Å². The van der Waals surface area contributed by atoms with E-state index in [9.17, 15) is 29.4 Å². The molecule has 0 unspecified atom stereocenters. The first-order chi connectivity index (χ1) is 17.4. The highest BCUT2D eigenvalue weighted by molar-refractivity contribution is 5.94. The van der Waals surface area contributed by atoms with Crippen molar-refractivity contribution in [3.8, 4) is 5.75 Å². The molecule has 202 valence electrons. The van der Waals surface area contributed by atoms with Crippen molar-refractivity contribution in [2.45, 2.75) is 64.7 Å². The van der Waals surface area contributed by atoms with Gasteiger partial charge in [0.25, 0.3) is 0 Å². The lowest BCUT2D eigenvalue weighted by Gasteiger charge is -2.26. The van der Waals surface area contributed by atoms with Gasteiger partial charge in [0.2, 0.25) is 17.7 Å². The molecule has 8 N–H and O–H groups in total. The number of carboxylic acids is 1. The van der Waals surface area contributed by atoms with Gasteiger partial charge in [-0.3, -0.25) is 14.4 Å². The summed E-state index contributed by atoms with van der Waals surface area (Å²) in [6.07, 6.45) is 3.01. The Hall–Kier alpha value is -3.93. The minimum Gasteiger partial charge on any atom is -0.508 e. The molecule has 1 heterocycles. The number of hydrogen-bond acceptors (Lipinski definition) is 7. The molecule has 1 aromatic carbocycles. The molecule has 3 amide bonds. The molecule has 0 aliphatic rings. The van der Waals surface area contributed by atoms with Crippen LogP contribution in [-0.2, 0) is 32.0 Å². The monoisotopic (exact) mass is 516 g/mol. The zero-order chi connectivity index (χ0) is 27.7. The third-order valence-electron chi connectivity index (χ3n) is 5.87. The van der Waals surface area contributed by atoms with Gasteiger partial charge in [0.05, 0.1) is 12.4 Å². The summed E-state index contributed by atoms with van der Waals surface area (Å²) in [5, 5.41) is 26.9. The molecule has 2 rings (SSSR count). The third kappa shape index (κ3) is 8.90. The number of aliphatic carboxylic acids is 1. The fourth-order valence-electron chi connectivity index (χ4n) is 3.51. The quantitative estimate of drug-likeness (QED) is 0.194. The maximum Gasteiger partial charge on any atom is 0.326 e. The number of carboxylic acid groups (broad SMARTS) is 1. The first-order valence-electron chi connectivity index (χ1n) is 12.0. The van der Waals surface area contributed by atoms with E-state index in [1.54, 1.807) is 39.8 Å². The van der Waals surface area contributed by atoms with Gasteiger partial charge in [0.15, 0.2) is 0 Å². The molecule has 0 saturated carbocycles. The number of nitrogens with zero attached hydrogens (tertiary/aromatic N) is 1. The number of carbonyl (C=O) groups is 4. The molecule has 0 aliphatic carbocycles. The van der Waals surface area contributed by atoms with Gasteiger partial charge < -0.3 is 36.9 Å². The van der Waals surface area contributed by atoms with Crippen LogP contribution in [0.5, 0.6) is 5.75 Å². The average Bonchev–Trinajstić information content (AvgIpc) is 3.34. The number of aromatic amines is 1. The summed E-state index contributed by atoms with van der Waals surface area (Å²) in [6.45, 7) is 6.86. The fraction of sp³-hybridized carbons (Fsp3) is 0.480. The summed E-state index contributed by atoms with van der Waals surface area (Å²) in [6, 6.07) is 1.77. The van der Waals surface area contributed by atoms with E-state index < -0.39 is 53.8 Å². The highest BCUT2D eigenvalue weighted by atomic mass is 16.4. The number of phenolic OH excluding ortho intramolecular Hbond substituents is 1. The van der Waals surface area contributed by atoms with Crippen LogP contribution >= 0.6 is 0 Å². The van der Waals surface area contributed by atoms with Crippen molar-refractivity contribution >= 4 is 23.7 Å². The first kappa shape index (κ1) is 29.3. The second-order valence-corrected chi connectivity index (χ2v) is 9.61. The zero-order valence-electron chi connectivity index (χ0n) is 21.4. The number of carbonyl (C=O) groups excluding carboxylic acids is 3. The first-order valence-corrected chi connectivity index (χ1v) is 12.0. The van der Waals surface area contributed by atoms with E-state index in [1.165, 1.54) is 24.7 Å². The van der Waals surface area contributed by atoms with E-state index >= 15 is 0 Å². The van der Waals surface area contributed by atoms with Crippen molar-refractivity contribution < 1.29 is 29.4 Å². The number of phenols is 1. The maximum absolute atomic E-state index is 13.4. The Morgan fingerprint density at radius 1 is 0.892 bits per heavy atom. The van der Waals surface area contributed by atoms with Crippen molar-refractivity contribution in [1.82, 2.24) is 25.9 Å². The van der Waals surface area contributed by atoms with Gasteiger partial charge in [-0.1, -0.05) is 39.8 Å². The zero-order valence-corrected chi connectivity index (χ0v) is 21.4. The normalized spacial score (nSPS) is 14.5. The number of amides is 3. The van der Waals surface area contributed by atoms with Gasteiger partial charge in [-0.25, -0.2) is 9.78 Å². The number of H-pyrrole nitrogens is 1. The van der Waals surface area contributed by atoms with Crippen LogP contribution < -0.4 is 21.7 Å². The second-order valence-electron chi connectivity index (χ2n) is 9.61. The summed E-state index contributed by atoms with van der Waals surface area (Å²) in [7, 11) is 0. The summed E-state index contributed by atoms with van der Waals surface area (Å²) in [5.41, 5.74) is 7.14. The summed E-state index contributed by atoms with van der Waals surface area (Å²) >= 11 is 0. The largest absolute Gasteiger partial charge is 0.508 e. The average molecular weight is 517 g/mol. The topological polar surface area (TPSA) is 200 Å². The Balaban J connectivity index is 2.30. The van der Waals surface area contributed by atoms with E-state index in [0.29, 0.717) is 11.3 Å². The van der Waals surface area contributed by atoms with Gasteiger partial charge in [0, 0.05) is 24.7 Å². The third-order valence-corrected chi connectivity index (χ3v) is 5.87. The fourth-order valence-corrected chi connectivity index (χ4v) is 3.51. The second kappa shape index (κ2) is 13.4. The van der Waals surface area contributed by atoms with Crippen LogP contribution in [0.15, 0.2) is 36.8 Å². The van der Waals surface area contributed by atoms with Gasteiger partial charge >= 0.3 is 5.97 Å². The van der Waals surface area contributed by atoms with Crippen molar-refractivity contribution in [2.75, 3.05) is 0 Å². The number of benzene rings is 1. The number of aromatic nitrogens is 2. The van der Waals surface area contributed by atoms with Crippen molar-refractivity contribution in [2.24, 2.45) is 17.6 Å². The molecule has 0 bridgehead atoms. The van der Waals surface area contributed by atoms with Gasteiger partial charge in [0.1, 0.15) is 23.9 Å². The van der Waals surface area contributed by atoms with Crippen molar-refractivity contribution in [3.05, 3.63) is 48.0 Å².